The van der Waals surface area contributed by atoms with Crippen LogP contribution in [0, 0.1) is 6.92 Å². The molecule has 0 unspecified atom stereocenters. The molecule has 7 heteroatoms. The molecule has 0 spiro atoms. The molecule has 1 aliphatic rings. The largest absolute Gasteiger partial charge is 0.326 e. The van der Waals surface area contributed by atoms with Crippen molar-refractivity contribution in [2.45, 2.75) is 13.3 Å². The minimum atomic E-state index is -0.162. The Morgan fingerprint density at radius 1 is 1.26 bits per heavy atom. The third-order valence-corrected chi connectivity index (χ3v) is 5.79. The predicted octanol–water partition coefficient (Wildman–Crippen LogP) is 4.99. The minimum Gasteiger partial charge on any atom is -0.326 e. The Bertz CT molecular complexity index is 926. The molecule has 0 aliphatic carbocycles. The van der Waals surface area contributed by atoms with Crippen molar-refractivity contribution in [1.82, 2.24) is 4.90 Å². The van der Waals surface area contributed by atoms with Crippen LogP contribution in [0.3, 0.4) is 0 Å². The molecule has 138 valence electrons. The maximum atomic E-state index is 12.6. The zero-order valence-electron chi connectivity index (χ0n) is 14.6. The van der Waals surface area contributed by atoms with E-state index in [0.29, 0.717) is 14.9 Å². The van der Waals surface area contributed by atoms with Gasteiger partial charge in [0.25, 0.3) is 5.91 Å². The molecule has 2 aromatic rings. The number of hydrogen-bond acceptors (Lipinski definition) is 4. The molecule has 1 aliphatic heterocycles. The van der Waals surface area contributed by atoms with Crippen molar-refractivity contribution in [3.8, 4) is 0 Å². The highest BCUT2D eigenvalue weighted by Crippen LogP contribution is 2.32. The number of amides is 2. The molecule has 2 aromatic carbocycles. The smallest absolute Gasteiger partial charge is 0.266 e. The topological polar surface area (TPSA) is 49.4 Å². The van der Waals surface area contributed by atoms with Gasteiger partial charge < -0.3 is 5.32 Å². The van der Waals surface area contributed by atoms with E-state index in [2.05, 4.69) is 21.2 Å². The molecule has 0 aromatic heterocycles. The number of benzene rings is 2. The lowest BCUT2D eigenvalue weighted by atomic mass is 10.1. The van der Waals surface area contributed by atoms with Crippen LogP contribution in [0.4, 0.5) is 5.69 Å². The molecule has 0 atom stereocenters. The fourth-order valence-electron chi connectivity index (χ4n) is 2.51. The highest BCUT2D eigenvalue weighted by molar-refractivity contribution is 9.10. The van der Waals surface area contributed by atoms with Crippen molar-refractivity contribution in [2.75, 3.05) is 11.9 Å². The van der Waals surface area contributed by atoms with Crippen LogP contribution in [0.25, 0.3) is 6.08 Å². The fourth-order valence-corrected chi connectivity index (χ4v) is 4.22. The van der Waals surface area contributed by atoms with Gasteiger partial charge in [0.05, 0.1) is 4.91 Å². The number of nitrogens with zero attached hydrogens (tertiary/aromatic N) is 1. The van der Waals surface area contributed by atoms with Crippen molar-refractivity contribution in [1.29, 1.82) is 0 Å². The summed E-state index contributed by atoms with van der Waals surface area (Å²) in [5, 5.41) is 2.82. The molecule has 1 N–H and O–H groups in total. The number of rotatable bonds is 5. The van der Waals surface area contributed by atoms with Crippen molar-refractivity contribution < 1.29 is 9.59 Å². The van der Waals surface area contributed by atoms with Crippen molar-refractivity contribution >= 4 is 67.8 Å². The van der Waals surface area contributed by atoms with Gasteiger partial charge in [0.15, 0.2) is 0 Å². The van der Waals surface area contributed by atoms with Gasteiger partial charge >= 0.3 is 0 Å². The predicted molar refractivity (Wildman–Crippen MR) is 118 cm³/mol. The molecule has 0 radical (unpaired) electrons. The zero-order valence-corrected chi connectivity index (χ0v) is 17.8. The van der Waals surface area contributed by atoms with Crippen molar-refractivity contribution in [3.63, 3.8) is 0 Å². The van der Waals surface area contributed by atoms with Gasteiger partial charge in [-0.1, -0.05) is 75.8 Å². The van der Waals surface area contributed by atoms with Crippen LogP contribution in [-0.4, -0.2) is 27.6 Å². The maximum absolute atomic E-state index is 12.6. The van der Waals surface area contributed by atoms with Crippen LogP contribution >= 0.6 is 39.9 Å². The first kappa shape index (κ1) is 19.8. The zero-order chi connectivity index (χ0) is 19.4. The Labute approximate surface area is 176 Å². The summed E-state index contributed by atoms with van der Waals surface area (Å²) in [7, 11) is 0. The molecular formula is C20H17BrN2O2S2. The minimum absolute atomic E-state index is 0.152. The average molecular weight is 461 g/mol. The van der Waals surface area contributed by atoms with E-state index in [1.165, 1.54) is 16.7 Å². The number of carbonyl (C=O) groups is 2. The third kappa shape index (κ3) is 5.28. The summed E-state index contributed by atoms with van der Waals surface area (Å²) in [4.78, 5) is 26.8. The second-order valence-electron chi connectivity index (χ2n) is 6.05. The van der Waals surface area contributed by atoms with Gasteiger partial charge in [-0.3, -0.25) is 14.5 Å². The van der Waals surface area contributed by atoms with E-state index in [1.807, 2.05) is 61.5 Å². The lowest BCUT2D eigenvalue weighted by Gasteiger charge is -2.14. The summed E-state index contributed by atoms with van der Waals surface area (Å²) in [6, 6.07) is 15.3. The maximum Gasteiger partial charge on any atom is 0.266 e. The first-order chi connectivity index (χ1) is 12.9. The standard InChI is InChI=1S/C20H17BrN2O2S2/c1-13-5-7-14(8-6-13)11-17-19(25)23(20(26)27-17)10-9-18(24)22-16-4-2-3-15(21)12-16/h2-8,11-12H,9-10H2,1H3,(H,22,24)/b17-11+. The van der Waals surface area contributed by atoms with Gasteiger partial charge in [0.2, 0.25) is 5.91 Å². The van der Waals surface area contributed by atoms with E-state index in [9.17, 15) is 9.59 Å². The van der Waals surface area contributed by atoms with Gasteiger partial charge in [0.1, 0.15) is 4.32 Å². The highest BCUT2D eigenvalue weighted by atomic mass is 79.9. The Kier molecular flexibility index (Phi) is 6.46. The third-order valence-electron chi connectivity index (χ3n) is 3.92. The molecular weight excluding hydrogens is 444 g/mol. The molecule has 4 nitrogen and oxygen atoms in total. The van der Waals surface area contributed by atoms with E-state index in [4.69, 9.17) is 12.2 Å². The van der Waals surface area contributed by atoms with Crippen LogP contribution in [0.5, 0.6) is 0 Å². The van der Waals surface area contributed by atoms with E-state index in [0.717, 1.165) is 15.6 Å². The summed E-state index contributed by atoms with van der Waals surface area (Å²) >= 11 is 9.96. The van der Waals surface area contributed by atoms with Gasteiger partial charge in [-0.2, -0.15) is 0 Å². The fraction of sp³-hybridized carbons (Fsp3) is 0.150. The number of halogens is 1. The van der Waals surface area contributed by atoms with Gasteiger partial charge in [0, 0.05) is 23.1 Å². The first-order valence-electron chi connectivity index (χ1n) is 8.30. The first-order valence-corrected chi connectivity index (χ1v) is 10.3. The number of aryl methyl sites for hydroxylation is 1. The summed E-state index contributed by atoms with van der Waals surface area (Å²) in [5.74, 6) is -0.314. The highest BCUT2D eigenvalue weighted by Gasteiger charge is 2.32. The lowest BCUT2D eigenvalue weighted by molar-refractivity contribution is -0.122. The second-order valence-corrected chi connectivity index (χ2v) is 8.64. The van der Waals surface area contributed by atoms with Crippen LogP contribution < -0.4 is 5.32 Å². The van der Waals surface area contributed by atoms with Crippen molar-refractivity contribution in [2.24, 2.45) is 0 Å². The molecule has 3 rings (SSSR count). The summed E-state index contributed by atoms with van der Waals surface area (Å²) in [6.45, 7) is 2.28. The summed E-state index contributed by atoms with van der Waals surface area (Å²) < 4.78 is 1.37. The molecule has 1 heterocycles. The number of anilines is 1. The van der Waals surface area contributed by atoms with Gasteiger partial charge in [-0.25, -0.2) is 0 Å². The van der Waals surface area contributed by atoms with Crippen LogP contribution in [0.15, 0.2) is 57.9 Å². The van der Waals surface area contributed by atoms with E-state index in [-0.39, 0.29) is 24.8 Å². The average Bonchev–Trinajstić information content (AvgIpc) is 2.88. The normalized spacial score (nSPS) is 15.5. The molecule has 27 heavy (non-hydrogen) atoms. The van der Waals surface area contributed by atoms with Crippen LogP contribution in [-0.2, 0) is 9.59 Å². The van der Waals surface area contributed by atoms with Gasteiger partial charge in [-0.15, -0.1) is 0 Å². The molecule has 1 saturated heterocycles. The quantitative estimate of drug-likeness (QED) is 0.504. The van der Waals surface area contributed by atoms with E-state index >= 15 is 0 Å². The molecule has 0 bridgehead atoms. The SMILES string of the molecule is Cc1ccc(/C=C2/SC(=S)N(CCC(=O)Nc3cccc(Br)c3)C2=O)cc1. The Hall–Kier alpha value is -1.96. The van der Waals surface area contributed by atoms with Crippen LogP contribution in [0.1, 0.15) is 17.5 Å². The summed E-state index contributed by atoms with van der Waals surface area (Å²) in [6.07, 6.45) is 2.01. The number of nitrogens with one attached hydrogen (secondary N) is 1. The molecule has 1 fully saturated rings. The molecule has 2 amide bonds. The Morgan fingerprint density at radius 3 is 2.70 bits per heavy atom. The second kappa shape index (κ2) is 8.82. The van der Waals surface area contributed by atoms with E-state index in [1.54, 1.807) is 0 Å². The number of thioether (sulfide) groups is 1. The van der Waals surface area contributed by atoms with Crippen LogP contribution in [0.2, 0.25) is 0 Å². The van der Waals surface area contributed by atoms with Crippen molar-refractivity contribution in [3.05, 3.63) is 69.0 Å². The number of hydrogen-bond donors (Lipinski definition) is 1. The Morgan fingerprint density at radius 2 is 2.00 bits per heavy atom. The van der Waals surface area contributed by atoms with E-state index < -0.39 is 0 Å². The summed E-state index contributed by atoms with van der Waals surface area (Å²) in [5.41, 5.74) is 2.82. The lowest BCUT2D eigenvalue weighted by Crippen LogP contribution is -2.31. The Balaban J connectivity index is 1.60. The number of thiocarbonyl (C=S) groups is 1. The number of carbonyl (C=O) groups excluding carboxylic acids is 2. The van der Waals surface area contributed by atoms with Gasteiger partial charge in [-0.05, 0) is 36.8 Å². The monoisotopic (exact) mass is 460 g/mol. The molecule has 0 saturated carbocycles.